The molecule has 0 spiro atoms. The highest BCUT2D eigenvalue weighted by atomic mass is 16.4. The monoisotopic (exact) mass is 337 g/mol. The van der Waals surface area contributed by atoms with Crippen molar-refractivity contribution in [1.29, 1.82) is 0 Å². The SMILES string of the molecule is CC1C(C(=O)O)CCN1C(=O)c1ccccc1CCc1ccccc1. The molecule has 2 aromatic rings. The van der Waals surface area contributed by atoms with Crippen molar-refractivity contribution in [1.82, 2.24) is 4.90 Å². The third-order valence-corrected chi connectivity index (χ3v) is 5.11. The molecule has 0 radical (unpaired) electrons. The number of rotatable bonds is 5. The van der Waals surface area contributed by atoms with Gasteiger partial charge in [0.2, 0.25) is 0 Å². The van der Waals surface area contributed by atoms with Gasteiger partial charge in [0.05, 0.1) is 5.92 Å². The molecule has 0 aromatic heterocycles. The molecule has 130 valence electrons. The summed E-state index contributed by atoms with van der Waals surface area (Å²) in [5.41, 5.74) is 2.95. The van der Waals surface area contributed by atoms with Crippen LogP contribution in [0.5, 0.6) is 0 Å². The van der Waals surface area contributed by atoms with Gasteiger partial charge in [0.1, 0.15) is 0 Å². The number of carboxylic acid groups (broad SMARTS) is 1. The Balaban J connectivity index is 1.76. The Kier molecular flexibility index (Phi) is 5.17. The van der Waals surface area contributed by atoms with Gasteiger partial charge in [-0.2, -0.15) is 0 Å². The van der Waals surface area contributed by atoms with Gasteiger partial charge in [-0.15, -0.1) is 0 Å². The Morgan fingerprint density at radius 1 is 1.04 bits per heavy atom. The first-order valence-electron chi connectivity index (χ1n) is 8.73. The molecule has 0 bridgehead atoms. The number of carboxylic acids is 1. The number of benzene rings is 2. The van der Waals surface area contributed by atoms with Crippen molar-refractivity contribution < 1.29 is 14.7 Å². The standard InChI is InChI=1S/C21H23NO3/c1-15-18(21(24)25)13-14-22(15)20(23)19-10-6-5-9-17(19)12-11-16-7-3-2-4-8-16/h2-10,15,18H,11-14H2,1H3,(H,24,25). The van der Waals surface area contributed by atoms with Crippen molar-refractivity contribution in [2.45, 2.75) is 32.2 Å². The first-order valence-corrected chi connectivity index (χ1v) is 8.73. The fourth-order valence-electron chi connectivity index (χ4n) is 3.58. The maximum Gasteiger partial charge on any atom is 0.308 e. The van der Waals surface area contributed by atoms with Crippen LogP contribution < -0.4 is 0 Å². The first-order chi connectivity index (χ1) is 12.1. The van der Waals surface area contributed by atoms with Crippen LogP contribution in [0.4, 0.5) is 0 Å². The van der Waals surface area contributed by atoms with Crippen LogP contribution in [0, 0.1) is 5.92 Å². The second kappa shape index (κ2) is 7.51. The Bertz CT molecular complexity index is 757. The van der Waals surface area contributed by atoms with Gasteiger partial charge in [-0.05, 0) is 43.4 Å². The molecule has 4 heteroatoms. The smallest absolute Gasteiger partial charge is 0.308 e. The van der Waals surface area contributed by atoms with Crippen LogP contribution in [0.25, 0.3) is 0 Å². The van der Waals surface area contributed by atoms with Gasteiger partial charge in [0.15, 0.2) is 0 Å². The zero-order valence-corrected chi connectivity index (χ0v) is 14.4. The molecular weight excluding hydrogens is 314 g/mol. The number of aryl methyl sites for hydroxylation is 2. The van der Waals surface area contributed by atoms with Crippen molar-refractivity contribution in [2.75, 3.05) is 6.54 Å². The van der Waals surface area contributed by atoms with Crippen LogP contribution in [-0.4, -0.2) is 34.5 Å². The predicted octanol–water partition coefficient (Wildman–Crippen LogP) is 3.41. The third kappa shape index (κ3) is 3.73. The van der Waals surface area contributed by atoms with E-state index in [1.54, 1.807) is 4.90 Å². The summed E-state index contributed by atoms with van der Waals surface area (Å²) in [6.07, 6.45) is 2.18. The molecule has 0 saturated carbocycles. The summed E-state index contributed by atoms with van der Waals surface area (Å²) >= 11 is 0. The lowest BCUT2D eigenvalue weighted by molar-refractivity contribution is -0.142. The van der Waals surface area contributed by atoms with E-state index in [9.17, 15) is 14.7 Å². The molecule has 1 saturated heterocycles. The fourth-order valence-corrected chi connectivity index (χ4v) is 3.58. The molecule has 4 nitrogen and oxygen atoms in total. The summed E-state index contributed by atoms with van der Waals surface area (Å²) in [5, 5.41) is 9.28. The van der Waals surface area contributed by atoms with Gasteiger partial charge in [0.25, 0.3) is 5.91 Å². The van der Waals surface area contributed by atoms with E-state index >= 15 is 0 Å². The van der Waals surface area contributed by atoms with E-state index in [0.29, 0.717) is 18.5 Å². The quantitative estimate of drug-likeness (QED) is 0.910. The van der Waals surface area contributed by atoms with Gasteiger partial charge in [-0.3, -0.25) is 9.59 Å². The highest BCUT2D eigenvalue weighted by molar-refractivity contribution is 5.96. The normalized spacial score (nSPS) is 19.8. The largest absolute Gasteiger partial charge is 0.481 e. The lowest BCUT2D eigenvalue weighted by Crippen LogP contribution is -2.38. The molecule has 2 unspecified atom stereocenters. The van der Waals surface area contributed by atoms with Crippen LogP contribution in [0.2, 0.25) is 0 Å². The van der Waals surface area contributed by atoms with Gasteiger partial charge < -0.3 is 10.0 Å². The van der Waals surface area contributed by atoms with Crippen molar-refractivity contribution >= 4 is 11.9 Å². The molecule has 1 heterocycles. The fraction of sp³-hybridized carbons (Fsp3) is 0.333. The van der Waals surface area contributed by atoms with Gasteiger partial charge in [-0.25, -0.2) is 0 Å². The number of carbonyl (C=O) groups excluding carboxylic acids is 1. The molecule has 1 fully saturated rings. The van der Waals surface area contributed by atoms with E-state index in [0.717, 1.165) is 18.4 Å². The number of hydrogen-bond acceptors (Lipinski definition) is 2. The number of carbonyl (C=O) groups is 2. The minimum absolute atomic E-state index is 0.0556. The zero-order chi connectivity index (χ0) is 17.8. The summed E-state index contributed by atoms with van der Waals surface area (Å²) in [5.74, 6) is -1.35. The van der Waals surface area contributed by atoms with Crippen LogP contribution in [0.3, 0.4) is 0 Å². The molecule has 3 rings (SSSR count). The van der Waals surface area contributed by atoms with Crippen molar-refractivity contribution in [3.63, 3.8) is 0 Å². The molecule has 1 N–H and O–H groups in total. The molecule has 1 amide bonds. The first kappa shape index (κ1) is 17.2. The van der Waals surface area contributed by atoms with Gasteiger partial charge >= 0.3 is 5.97 Å². The van der Waals surface area contributed by atoms with Crippen molar-refractivity contribution in [2.24, 2.45) is 5.92 Å². The molecule has 1 aliphatic rings. The average molecular weight is 337 g/mol. The molecule has 25 heavy (non-hydrogen) atoms. The van der Waals surface area contributed by atoms with Crippen LogP contribution >= 0.6 is 0 Å². The lowest BCUT2D eigenvalue weighted by atomic mass is 9.98. The molecular formula is C21H23NO3. The van der Waals surface area contributed by atoms with E-state index in [2.05, 4.69) is 12.1 Å². The Morgan fingerprint density at radius 3 is 2.40 bits per heavy atom. The Hall–Kier alpha value is -2.62. The van der Waals surface area contributed by atoms with E-state index < -0.39 is 11.9 Å². The van der Waals surface area contributed by atoms with Crippen LogP contribution in [0.1, 0.15) is 34.8 Å². The third-order valence-electron chi connectivity index (χ3n) is 5.11. The van der Waals surface area contributed by atoms with Crippen LogP contribution in [0.15, 0.2) is 54.6 Å². The van der Waals surface area contributed by atoms with Crippen molar-refractivity contribution in [3.05, 3.63) is 71.3 Å². The highest BCUT2D eigenvalue weighted by Gasteiger charge is 2.38. The minimum atomic E-state index is -0.819. The second-order valence-electron chi connectivity index (χ2n) is 6.62. The molecule has 2 aromatic carbocycles. The van der Waals surface area contributed by atoms with E-state index in [1.165, 1.54) is 5.56 Å². The summed E-state index contributed by atoms with van der Waals surface area (Å²) in [6, 6.07) is 17.6. The zero-order valence-electron chi connectivity index (χ0n) is 14.4. The summed E-state index contributed by atoms with van der Waals surface area (Å²) < 4.78 is 0. The summed E-state index contributed by atoms with van der Waals surface area (Å²) in [6.45, 7) is 2.33. The number of likely N-dealkylation sites (tertiary alicyclic amines) is 1. The van der Waals surface area contributed by atoms with E-state index in [1.807, 2.05) is 49.4 Å². The Labute approximate surface area is 148 Å². The average Bonchev–Trinajstić information content (AvgIpc) is 3.02. The van der Waals surface area contributed by atoms with E-state index in [4.69, 9.17) is 0 Å². The maximum atomic E-state index is 13.0. The summed E-state index contributed by atoms with van der Waals surface area (Å²) in [7, 11) is 0. The van der Waals surface area contributed by atoms with Gasteiger partial charge in [-0.1, -0.05) is 48.5 Å². The number of aliphatic carboxylic acids is 1. The lowest BCUT2D eigenvalue weighted by Gasteiger charge is -2.24. The topological polar surface area (TPSA) is 57.6 Å². The maximum absolute atomic E-state index is 13.0. The summed E-state index contributed by atoms with van der Waals surface area (Å²) in [4.78, 5) is 26.0. The molecule has 0 aliphatic carbocycles. The molecule has 2 atom stereocenters. The second-order valence-corrected chi connectivity index (χ2v) is 6.62. The number of hydrogen-bond donors (Lipinski definition) is 1. The van der Waals surface area contributed by atoms with Crippen LogP contribution in [-0.2, 0) is 17.6 Å². The highest BCUT2D eigenvalue weighted by Crippen LogP contribution is 2.27. The number of amides is 1. The number of nitrogens with zero attached hydrogens (tertiary/aromatic N) is 1. The predicted molar refractivity (Wildman–Crippen MR) is 96.5 cm³/mol. The minimum Gasteiger partial charge on any atom is -0.481 e. The van der Waals surface area contributed by atoms with E-state index in [-0.39, 0.29) is 11.9 Å². The van der Waals surface area contributed by atoms with Crippen molar-refractivity contribution in [3.8, 4) is 0 Å². The Morgan fingerprint density at radius 2 is 1.72 bits per heavy atom. The molecule has 1 aliphatic heterocycles. The van der Waals surface area contributed by atoms with Gasteiger partial charge in [0, 0.05) is 18.2 Å².